The topological polar surface area (TPSA) is 3.24 Å². The summed E-state index contributed by atoms with van der Waals surface area (Å²) in [6.07, 6.45) is 8.71. The fraction of sp³-hybridized carbons (Fsp3) is 0.400. The van der Waals surface area contributed by atoms with Crippen molar-refractivity contribution in [1.82, 2.24) is 0 Å². The molecule has 2 aliphatic carbocycles. The Labute approximate surface area is 496 Å². The summed E-state index contributed by atoms with van der Waals surface area (Å²) in [6, 6.07) is 65.1. The van der Waals surface area contributed by atoms with E-state index >= 15 is 0 Å². The van der Waals surface area contributed by atoms with Gasteiger partial charge in [0, 0.05) is 27.6 Å². The van der Waals surface area contributed by atoms with Crippen LogP contribution in [0.4, 0.5) is 11.4 Å². The Balaban J connectivity index is 1.17. The van der Waals surface area contributed by atoms with Crippen LogP contribution >= 0.6 is 0 Å². The molecule has 3 aliphatic rings. The smallest absolute Gasteiger partial charge is 0.242 e. The predicted octanol–water partition coefficient (Wildman–Crippen LogP) is 18.7. The number of benzene rings is 8. The summed E-state index contributed by atoms with van der Waals surface area (Å²) in [5.74, 6) is 0. The van der Waals surface area contributed by atoms with Gasteiger partial charge < -0.3 is 4.90 Å². The number of para-hydroxylation sites is 1. The number of nitrogens with zero attached hydrogens (tertiary/aromatic N) is 1. The number of rotatable bonds is 11. The van der Waals surface area contributed by atoms with Crippen LogP contribution in [0.15, 0.2) is 164 Å². The second-order valence-electron chi connectivity index (χ2n) is 30.1. The highest BCUT2D eigenvalue weighted by molar-refractivity contribution is 6.96. The number of hydrogen-bond donors (Lipinski definition) is 0. The van der Waals surface area contributed by atoms with E-state index in [2.05, 4.69) is 286 Å². The Bertz CT molecular complexity index is 3680. The van der Waals surface area contributed by atoms with Gasteiger partial charge in [0.2, 0.25) is 6.71 Å². The maximum atomic E-state index is 2.79. The van der Waals surface area contributed by atoms with E-state index < -0.39 is 0 Å². The molecular weight excluding hydrogens is 986 g/mol. The minimum atomic E-state index is -0.225. The monoisotopic (exact) mass is 1080 g/mol. The van der Waals surface area contributed by atoms with Gasteiger partial charge in [-0.1, -0.05) is 294 Å². The summed E-state index contributed by atoms with van der Waals surface area (Å²) >= 11 is 0. The Morgan fingerprint density at radius 3 is 1.52 bits per heavy atom. The Kier molecular flexibility index (Phi) is 14.5. The van der Waals surface area contributed by atoms with Crippen molar-refractivity contribution in [2.45, 2.75) is 207 Å². The minimum Gasteiger partial charge on any atom is -0.334 e. The van der Waals surface area contributed by atoms with E-state index in [0.717, 1.165) is 25.7 Å². The fourth-order valence-corrected chi connectivity index (χ4v) is 15.6. The largest absolute Gasteiger partial charge is 0.334 e. The number of aryl methyl sites for hydroxylation is 6. The maximum absolute atomic E-state index is 2.79. The summed E-state index contributed by atoms with van der Waals surface area (Å²) in [4.78, 5) is 2.79. The van der Waals surface area contributed by atoms with E-state index in [-0.39, 0.29) is 44.7 Å². The zero-order valence-corrected chi connectivity index (χ0v) is 53.3. The highest BCUT2D eigenvalue weighted by atomic mass is 15.3. The van der Waals surface area contributed by atoms with Gasteiger partial charge in [-0.25, -0.2) is 0 Å². The molecule has 0 saturated heterocycles. The zero-order chi connectivity index (χ0) is 58.5. The van der Waals surface area contributed by atoms with Crippen molar-refractivity contribution < 1.29 is 0 Å². The van der Waals surface area contributed by atoms with Crippen molar-refractivity contribution in [2.75, 3.05) is 4.90 Å². The van der Waals surface area contributed by atoms with Crippen LogP contribution in [0.25, 0.3) is 11.1 Å². The molecule has 82 heavy (non-hydrogen) atoms. The Hall–Kier alpha value is -6.38. The van der Waals surface area contributed by atoms with Crippen LogP contribution in [0.5, 0.6) is 0 Å². The molecule has 422 valence electrons. The van der Waals surface area contributed by atoms with E-state index in [1.807, 2.05) is 0 Å². The SMILES string of the molecule is Cc1cc(N2c3ccccc3C3(C)CCCCC23C)cc(C)c1B(c1cc(C(C)(C)C)ccc1CCc1ccc(C(C)(C)C)cc1)c1cc2c(cc1CCc1ccc(C(C)(C)C)cc1-c1ccccc1)C(C)(C)c1ccccc1C2(C)C. The molecular formula is C80H94BN. The third kappa shape index (κ3) is 9.94. The van der Waals surface area contributed by atoms with Crippen LogP contribution in [-0.2, 0) is 58.2 Å². The molecule has 1 aliphatic heterocycles. The Morgan fingerprint density at radius 1 is 0.427 bits per heavy atom. The third-order valence-electron chi connectivity index (χ3n) is 20.9. The lowest BCUT2D eigenvalue weighted by Crippen LogP contribution is -2.57. The van der Waals surface area contributed by atoms with E-state index in [4.69, 9.17) is 0 Å². The van der Waals surface area contributed by atoms with Gasteiger partial charge in [-0.3, -0.25) is 0 Å². The molecule has 0 spiro atoms. The summed E-state index contributed by atoms with van der Waals surface area (Å²) in [5.41, 5.74) is 29.3. The standard InChI is InChI=1S/C80H94BN/c1-53-47-63(82-72-32-24-23-31-67(72)79(16)45-25-26-46-80(79,82)17)48-54(2)73(53)81(70-51-62(76(9,10)11)44-40-58(70)36-33-55-34-41-60(42-35-55)74(3,4)5)71-52-69-68(77(12,13)65-29-21-22-30-66(65)78(69,14)15)49-59(71)38-37-57-39-43-61(75(6,7)8)50-64(57)56-27-19-18-20-28-56/h18-24,27-32,34-35,39-44,47-52H,25-26,33,36-38,45-46H2,1-17H3. The quantitative estimate of drug-likeness (QED) is 0.117. The molecule has 8 aromatic rings. The Morgan fingerprint density at radius 2 is 0.915 bits per heavy atom. The minimum absolute atomic E-state index is 0.0297. The van der Waals surface area contributed by atoms with Crippen LogP contribution in [0.2, 0.25) is 0 Å². The lowest BCUT2D eigenvalue weighted by molar-refractivity contribution is 0.195. The van der Waals surface area contributed by atoms with E-state index in [1.54, 1.807) is 0 Å². The first-order chi connectivity index (χ1) is 38.6. The first kappa shape index (κ1) is 57.4. The fourth-order valence-electron chi connectivity index (χ4n) is 15.6. The van der Waals surface area contributed by atoms with Crippen LogP contribution in [0.1, 0.15) is 207 Å². The molecule has 0 aromatic heterocycles. The van der Waals surface area contributed by atoms with Gasteiger partial charge in [0.05, 0.1) is 5.54 Å². The van der Waals surface area contributed by atoms with Gasteiger partial charge in [0.1, 0.15) is 0 Å². The third-order valence-corrected chi connectivity index (χ3v) is 20.9. The van der Waals surface area contributed by atoms with Gasteiger partial charge in [-0.05, 0) is 161 Å². The molecule has 0 amide bonds. The second-order valence-corrected chi connectivity index (χ2v) is 30.1. The van der Waals surface area contributed by atoms with Crippen LogP contribution < -0.4 is 21.3 Å². The number of hydrogen-bond acceptors (Lipinski definition) is 1. The van der Waals surface area contributed by atoms with Crippen LogP contribution in [0, 0.1) is 13.8 Å². The summed E-state index contributed by atoms with van der Waals surface area (Å²) in [7, 11) is 0. The highest BCUT2D eigenvalue weighted by Gasteiger charge is 2.57. The van der Waals surface area contributed by atoms with E-state index in [9.17, 15) is 0 Å². The number of fused-ring (bicyclic) bond motifs is 5. The maximum Gasteiger partial charge on any atom is 0.242 e. The van der Waals surface area contributed by atoms with Crippen molar-refractivity contribution in [2.24, 2.45) is 0 Å². The normalized spacial score (nSPS) is 19.1. The van der Waals surface area contributed by atoms with Gasteiger partial charge in [-0.15, -0.1) is 0 Å². The number of anilines is 2. The molecule has 1 heterocycles. The summed E-state index contributed by atoms with van der Waals surface area (Å²) in [6.45, 7) is 41.2. The summed E-state index contributed by atoms with van der Waals surface area (Å²) in [5, 5.41) is 0. The molecule has 0 bridgehead atoms. The average Bonchev–Trinajstić information content (AvgIpc) is 1.50. The van der Waals surface area contributed by atoms with Crippen LogP contribution in [0.3, 0.4) is 0 Å². The molecule has 2 heteroatoms. The first-order valence-corrected chi connectivity index (χ1v) is 31.3. The molecule has 8 aromatic carbocycles. The molecule has 1 fully saturated rings. The van der Waals surface area contributed by atoms with Gasteiger partial charge >= 0.3 is 0 Å². The molecule has 2 atom stereocenters. The highest BCUT2D eigenvalue weighted by Crippen LogP contribution is 2.61. The van der Waals surface area contributed by atoms with E-state index in [0.29, 0.717) is 0 Å². The summed E-state index contributed by atoms with van der Waals surface area (Å²) < 4.78 is 0. The van der Waals surface area contributed by atoms with Crippen molar-refractivity contribution in [3.05, 3.63) is 242 Å². The lowest BCUT2D eigenvalue weighted by atomic mass is 9.33. The van der Waals surface area contributed by atoms with Crippen molar-refractivity contribution >= 4 is 34.5 Å². The van der Waals surface area contributed by atoms with Gasteiger partial charge in [0.15, 0.2) is 0 Å². The van der Waals surface area contributed by atoms with Gasteiger partial charge in [-0.2, -0.15) is 0 Å². The lowest BCUT2D eigenvalue weighted by Gasteiger charge is -2.50. The molecule has 11 rings (SSSR count). The first-order valence-electron chi connectivity index (χ1n) is 31.3. The average molecular weight is 1080 g/mol. The van der Waals surface area contributed by atoms with Crippen molar-refractivity contribution in [1.29, 1.82) is 0 Å². The van der Waals surface area contributed by atoms with E-state index in [1.165, 1.54) is 142 Å². The zero-order valence-electron chi connectivity index (χ0n) is 53.3. The molecule has 0 N–H and O–H groups in total. The van der Waals surface area contributed by atoms with Crippen LogP contribution in [-0.4, -0.2) is 12.3 Å². The van der Waals surface area contributed by atoms with Gasteiger partial charge in [0.25, 0.3) is 0 Å². The molecule has 1 saturated carbocycles. The van der Waals surface area contributed by atoms with Crippen molar-refractivity contribution in [3.8, 4) is 11.1 Å². The molecule has 1 nitrogen and oxygen atoms in total. The molecule has 0 radical (unpaired) electrons. The predicted molar refractivity (Wildman–Crippen MR) is 356 cm³/mol. The van der Waals surface area contributed by atoms with Crippen molar-refractivity contribution in [3.63, 3.8) is 0 Å². The molecule has 2 unspecified atom stereocenters. The second kappa shape index (κ2) is 20.7.